The summed E-state index contributed by atoms with van der Waals surface area (Å²) in [4.78, 5) is 38.7. The van der Waals surface area contributed by atoms with Crippen molar-refractivity contribution in [3.63, 3.8) is 0 Å². The third-order valence-corrected chi connectivity index (χ3v) is 3.93. The fourth-order valence-corrected chi connectivity index (χ4v) is 2.69. The van der Waals surface area contributed by atoms with Gasteiger partial charge in [0.15, 0.2) is 0 Å². The molecule has 7 heteroatoms. The van der Waals surface area contributed by atoms with E-state index in [4.69, 9.17) is 5.11 Å². The minimum absolute atomic E-state index is 0.0524. The fraction of sp³-hybridized carbons (Fsp3) is 0.500. The van der Waals surface area contributed by atoms with Gasteiger partial charge in [-0.1, -0.05) is 19.3 Å². The molecule has 2 amide bonds. The molecule has 1 saturated carbocycles. The second-order valence-electron chi connectivity index (χ2n) is 5.72. The van der Waals surface area contributed by atoms with Gasteiger partial charge < -0.3 is 15.7 Å². The van der Waals surface area contributed by atoms with Gasteiger partial charge in [0.1, 0.15) is 5.69 Å². The van der Waals surface area contributed by atoms with Gasteiger partial charge in [-0.25, -0.2) is 9.78 Å². The third kappa shape index (κ3) is 4.77. The number of rotatable bonds is 5. The third-order valence-electron chi connectivity index (χ3n) is 3.93. The van der Waals surface area contributed by atoms with E-state index in [9.17, 15) is 14.4 Å². The van der Waals surface area contributed by atoms with Gasteiger partial charge in [-0.2, -0.15) is 0 Å². The Kier molecular flexibility index (Phi) is 5.67. The summed E-state index contributed by atoms with van der Waals surface area (Å²) >= 11 is 0. The van der Waals surface area contributed by atoms with Crippen molar-refractivity contribution in [2.45, 2.75) is 45.1 Å². The SMILES string of the molecule is Cc1nc(C(=O)NCC(=O)NC2CCCCC2)ccc1C(=O)O. The van der Waals surface area contributed by atoms with Crippen LogP contribution in [0.4, 0.5) is 0 Å². The number of amides is 2. The number of aryl methyl sites for hydroxylation is 1. The normalized spacial score (nSPS) is 15.0. The number of aromatic nitrogens is 1. The predicted molar refractivity (Wildman–Crippen MR) is 83.3 cm³/mol. The van der Waals surface area contributed by atoms with E-state index in [1.54, 1.807) is 0 Å². The number of pyridine rings is 1. The van der Waals surface area contributed by atoms with Crippen LogP contribution in [0, 0.1) is 6.92 Å². The van der Waals surface area contributed by atoms with Crippen LogP contribution in [0.5, 0.6) is 0 Å². The van der Waals surface area contributed by atoms with Crippen molar-refractivity contribution in [2.75, 3.05) is 6.54 Å². The van der Waals surface area contributed by atoms with E-state index in [0.29, 0.717) is 0 Å². The molecule has 0 saturated heterocycles. The molecule has 0 aromatic carbocycles. The molecule has 2 rings (SSSR count). The highest BCUT2D eigenvalue weighted by Gasteiger charge is 2.17. The summed E-state index contributed by atoms with van der Waals surface area (Å²) in [7, 11) is 0. The van der Waals surface area contributed by atoms with E-state index >= 15 is 0 Å². The first kappa shape index (κ1) is 16.9. The lowest BCUT2D eigenvalue weighted by atomic mass is 9.95. The van der Waals surface area contributed by atoms with Crippen molar-refractivity contribution >= 4 is 17.8 Å². The number of nitrogens with one attached hydrogen (secondary N) is 2. The van der Waals surface area contributed by atoms with Crippen LogP contribution in [0.3, 0.4) is 0 Å². The maximum atomic E-state index is 12.0. The minimum Gasteiger partial charge on any atom is -0.478 e. The first-order chi connectivity index (χ1) is 11.0. The Morgan fingerprint density at radius 2 is 1.91 bits per heavy atom. The standard InChI is InChI=1S/C16H21N3O4/c1-10-12(16(22)23)7-8-13(18-10)15(21)17-9-14(20)19-11-5-3-2-4-6-11/h7-8,11H,2-6,9H2,1H3,(H,17,21)(H,19,20)(H,22,23). The van der Waals surface area contributed by atoms with Crippen molar-refractivity contribution in [3.8, 4) is 0 Å². The highest BCUT2D eigenvalue weighted by Crippen LogP contribution is 2.17. The molecule has 7 nitrogen and oxygen atoms in total. The largest absolute Gasteiger partial charge is 0.478 e. The highest BCUT2D eigenvalue weighted by molar-refractivity contribution is 5.96. The van der Waals surface area contributed by atoms with Crippen molar-refractivity contribution in [1.29, 1.82) is 0 Å². The van der Waals surface area contributed by atoms with Gasteiger partial charge >= 0.3 is 5.97 Å². The Labute approximate surface area is 134 Å². The quantitative estimate of drug-likeness (QED) is 0.757. The molecule has 1 aromatic heterocycles. The number of carboxylic acids is 1. The van der Waals surface area contributed by atoms with Gasteiger partial charge in [-0.3, -0.25) is 9.59 Å². The van der Waals surface area contributed by atoms with Gasteiger partial charge in [0, 0.05) is 6.04 Å². The fourth-order valence-electron chi connectivity index (χ4n) is 2.69. The van der Waals surface area contributed by atoms with Crippen LogP contribution < -0.4 is 10.6 Å². The molecule has 1 heterocycles. The second kappa shape index (κ2) is 7.71. The first-order valence-electron chi connectivity index (χ1n) is 7.76. The molecule has 23 heavy (non-hydrogen) atoms. The number of hydrogen-bond acceptors (Lipinski definition) is 4. The molecule has 0 atom stereocenters. The molecule has 1 aromatic rings. The molecule has 0 spiro atoms. The van der Waals surface area contributed by atoms with Crippen molar-refractivity contribution in [2.24, 2.45) is 0 Å². The topological polar surface area (TPSA) is 108 Å². The Balaban J connectivity index is 1.85. The Morgan fingerprint density at radius 1 is 1.22 bits per heavy atom. The van der Waals surface area contributed by atoms with E-state index in [1.807, 2.05) is 0 Å². The molecule has 1 fully saturated rings. The number of aromatic carboxylic acids is 1. The van der Waals surface area contributed by atoms with E-state index in [1.165, 1.54) is 25.5 Å². The zero-order valence-corrected chi connectivity index (χ0v) is 13.1. The highest BCUT2D eigenvalue weighted by atomic mass is 16.4. The number of carboxylic acid groups (broad SMARTS) is 1. The predicted octanol–water partition coefficient (Wildman–Crippen LogP) is 1.27. The smallest absolute Gasteiger partial charge is 0.337 e. The number of nitrogens with zero attached hydrogens (tertiary/aromatic N) is 1. The lowest BCUT2D eigenvalue weighted by Gasteiger charge is -2.22. The van der Waals surface area contributed by atoms with E-state index in [-0.39, 0.29) is 35.4 Å². The summed E-state index contributed by atoms with van der Waals surface area (Å²) in [6.07, 6.45) is 5.42. The van der Waals surface area contributed by atoms with Crippen molar-refractivity contribution in [1.82, 2.24) is 15.6 Å². The van der Waals surface area contributed by atoms with Gasteiger partial charge in [-0.05, 0) is 31.9 Å². The van der Waals surface area contributed by atoms with Gasteiger partial charge in [0.2, 0.25) is 5.91 Å². The lowest BCUT2D eigenvalue weighted by molar-refractivity contribution is -0.121. The van der Waals surface area contributed by atoms with Crippen molar-refractivity contribution in [3.05, 3.63) is 29.1 Å². The lowest BCUT2D eigenvalue weighted by Crippen LogP contribution is -2.42. The van der Waals surface area contributed by atoms with Gasteiger partial charge in [0.25, 0.3) is 5.91 Å². The van der Waals surface area contributed by atoms with Crippen LogP contribution in [-0.2, 0) is 4.79 Å². The Hall–Kier alpha value is -2.44. The molecule has 0 bridgehead atoms. The molecule has 1 aliphatic carbocycles. The molecule has 1 aliphatic rings. The first-order valence-corrected chi connectivity index (χ1v) is 7.76. The Morgan fingerprint density at radius 3 is 2.52 bits per heavy atom. The maximum absolute atomic E-state index is 12.0. The van der Waals surface area contributed by atoms with Crippen LogP contribution in [-0.4, -0.2) is 40.5 Å². The summed E-state index contributed by atoms with van der Waals surface area (Å²) in [5.41, 5.74) is 0.409. The van der Waals surface area contributed by atoms with Gasteiger partial charge in [0.05, 0.1) is 17.8 Å². The van der Waals surface area contributed by atoms with E-state index in [2.05, 4.69) is 15.6 Å². The number of hydrogen-bond donors (Lipinski definition) is 3. The molecular weight excluding hydrogens is 298 g/mol. The average molecular weight is 319 g/mol. The van der Waals surface area contributed by atoms with Crippen molar-refractivity contribution < 1.29 is 19.5 Å². The summed E-state index contributed by atoms with van der Waals surface area (Å²) in [6.45, 7) is 1.41. The van der Waals surface area contributed by atoms with Crippen LogP contribution in [0.15, 0.2) is 12.1 Å². The van der Waals surface area contributed by atoms with Crippen LogP contribution >= 0.6 is 0 Å². The molecular formula is C16H21N3O4. The summed E-state index contributed by atoms with van der Waals surface area (Å²) < 4.78 is 0. The number of carbonyl (C=O) groups excluding carboxylic acids is 2. The second-order valence-corrected chi connectivity index (χ2v) is 5.72. The molecule has 0 aliphatic heterocycles. The van der Waals surface area contributed by atoms with Crippen LogP contribution in [0.25, 0.3) is 0 Å². The van der Waals surface area contributed by atoms with E-state index in [0.717, 1.165) is 25.7 Å². The minimum atomic E-state index is -1.09. The average Bonchev–Trinajstić information content (AvgIpc) is 2.53. The van der Waals surface area contributed by atoms with E-state index < -0.39 is 11.9 Å². The number of carbonyl (C=O) groups is 3. The summed E-state index contributed by atoms with van der Waals surface area (Å²) in [5.74, 6) is -1.80. The molecule has 124 valence electrons. The van der Waals surface area contributed by atoms with Gasteiger partial charge in [-0.15, -0.1) is 0 Å². The molecule has 0 unspecified atom stereocenters. The zero-order valence-electron chi connectivity index (χ0n) is 13.1. The Bertz CT molecular complexity index is 609. The molecule has 0 radical (unpaired) electrons. The zero-order chi connectivity index (χ0) is 16.8. The summed E-state index contributed by atoms with van der Waals surface area (Å²) in [6, 6.07) is 2.87. The molecule has 3 N–H and O–H groups in total. The monoisotopic (exact) mass is 319 g/mol. The summed E-state index contributed by atoms with van der Waals surface area (Å²) in [5, 5.41) is 14.3. The van der Waals surface area contributed by atoms with Crippen LogP contribution in [0.2, 0.25) is 0 Å². The van der Waals surface area contributed by atoms with Crippen LogP contribution in [0.1, 0.15) is 58.6 Å². The maximum Gasteiger partial charge on any atom is 0.337 e.